The lowest BCUT2D eigenvalue weighted by Gasteiger charge is -2.12. The molecule has 9 heteroatoms. The molecular weight excluding hydrogens is 330 g/mol. The van der Waals surface area contributed by atoms with Crippen molar-refractivity contribution < 1.29 is 13.2 Å². The molecule has 1 aromatic carbocycles. The minimum atomic E-state index is -3.37. The number of fused-ring (bicyclic) bond motifs is 2. The Morgan fingerprint density at radius 1 is 1.17 bits per heavy atom. The molecule has 0 saturated carbocycles. The summed E-state index contributed by atoms with van der Waals surface area (Å²) in [5.74, 6) is -0.00826. The number of nitrogens with one attached hydrogen (secondary N) is 2. The van der Waals surface area contributed by atoms with E-state index in [1.807, 2.05) is 6.07 Å². The van der Waals surface area contributed by atoms with Gasteiger partial charge in [-0.25, -0.2) is 17.7 Å². The van der Waals surface area contributed by atoms with Crippen molar-refractivity contribution in [1.29, 1.82) is 0 Å². The van der Waals surface area contributed by atoms with Gasteiger partial charge in [-0.15, -0.1) is 5.10 Å². The molecule has 2 N–H and O–H groups in total. The van der Waals surface area contributed by atoms with Crippen molar-refractivity contribution in [2.24, 2.45) is 0 Å². The molecule has 1 atom stereocenters. The molecule has 122 valence electrons. The van der Waals surface area contributed by atoms with E-state index in [0.717, 1.165) is 0 Å². The van der Waals surface area contributed by atoms with Crippen molar-refractivity contribution in [2.75, 3.05) is 11.1 Å². The number of amides is 2. The predicted molar refractivity (Wildman–Crippen MR) is 86.4 cm³/mol. The van der Waals surface area contributed by atoms with E-state index >= 15 is 0 Å². The molecule has 0 fully saturated rings. The lowest BCUT2D eigenvalue weighted by molar-refractivity contribution is 0.249. The highest BCUT2D eigenvalue weighted by Crippen LogP contribution is 2.32. The summed E-state index contributed by atoms with van der Waals surface area (Å²) in [7, 11) is -3.37. The van der Waals surface area contributed by atoms with Crippen LogP contribution in [-0.2, 0) is 9.84 Å². The van der Waals surface area contributed by atoms with E-state index in [1.54, 1.807) is 42.6 Å². The minimum Gasteiger partial charge on any atom is -0.330 e. The number of nitrogens with zero attached hydrogens (tertiary/aromatic N) is 3. The topological polar surface area (TPSA) is 105 Å². The zero-order valence-corrected chi connectivity index (χ0v) is 13.2. The van der Waals surface area contributed by atoms with Crippen molar-refractivity contribution >= 4 is 27.5 Å². The summed E-state index contributed by atoms with van der Waals surface area (Å²) in [6.07, 6.45) is 1.71. The first kappa shape index (κ1) is 14.6. The summed E-state index contributed by atoms with van der Waals surface area (Å²) < 4.78 is 25.8. The van der Waals surface area contributed by atoms with Gasteiger partial charge in [-0.1, -0.05) is 24.3 Å². The fourth-order valence-electron chi connectivity index (χ4n) is 2.75. The summed E-state index contributed by atoms with van der Waals surface area (Å²) in [5, 5.41) is 9.31. The summed E-state index contributed by atoms with van der Waals surface area (Å²) in [6, 6.07) is 10.9. The van der Waals surface area contributed by atoms with E-state index < -0.39 is 21.9 Å². The monoisotopic (exact) mass is 343 g/mol. The van der Waals surface area contributed by atoms with Crippen LogP contribution in [0.5, 0.6) is 0 Å². The number of pyridine rings is 1. The van der Waals surface area contributed by atoms with Crippen LogP contribution in [0, 0.1) is 0 Å². The van der Waals surface area contributed by atoms with Gasteiger partial charge < -0.3 is 5.32 Å². The van der Waals surface area contributed by atoms with Crippen LogP contribution < -0.4 is 10.6 Å². The average Bonchev–Trinajstić information content (AvgIpc) is 3.06. The second-order valence-electron chi connectivity index (χ2n) is 5.41. The summed E-state index contributed by atoms with van der Waals surface area (Å²) in [6.45, 7) is 0. The van der Waals surface area contributed by atoms with Gasteiger partial charge in [-0.2, -0.15) is 4.98 Å². The van der Waals surface area contributed by atoms with Gasteiger partial charge in [0.2, 0.25) is 0 Å². The number of carbonyl (C=O) groups is 1. The van der Waals surface area contributed by atoms with Crippen molar-refractivity contribution in [1.82, 2.24) is 19.9 Å². The molecule has 0 bridgehead atoms. The maximum absolute atomic E-state index is 12.2. The first-order valence-electron chi connectivity index (χ1n) is 7.23. The van der Waals surface area contributed by atoms with Crippen LogP contribution >= 0.6 is 0 Å². The van der Waals surface area contributed by atoms with E-state index in [2.05, 4.69) is 20.7 Å². The van der Waals surface area contributed by atoms with Crippen LogP contribution in [0.15, 0.2) is 53.6 Å². The number of rotatable bonds is 2. The molecule has 4 rings (SSSR count). The Balaban J connectivity index is 1.53. The molecule has 1 aliphatic heterocycles. The largest absolute Gasteiger partial charge is 0.330 e. The third-order valence-corrected chi connectivity index (χ3v) is 5.60. The van der Waals surface area contributed by atoms with Crippen molar-refractivity contribution in [3.8, 4) is 0 Å². The second-order valence-corrected chi connectivity index (χ2v) is 7.41. The molecule has 1 aliphatic rings. The van der Waals surface area contributed by atoms with Gasteiger partial charge in [0.15, 0.2) is 15.5 Å². The number of hydrogen-bond acceptors (Lipinski definition) is 5. The standard InChI is InChI=1S/C15H13N5O3S/c21-15(18-14-17-13-7-3-4-8-20(13)19-14)16-11-9-24(22,23)12-6-2-1-5-10(11)12/h1-8,11H,9H2,(H2,16,18,19,21). The third kappa shape index (κ3) is 2.48. The van der Waals surface area contributed by atoms with Crippen molar-refractivity contribution in [3.63, 3.8) is 0 Å². The summed E-state index contributed by atoms with van der Waals surface area (Å²) in [4.78, 5) is 16.6. The van der Waals surface area contributed by atoms with Crippen molar-refractivity contribution in [2.45, 2.75) is 10.9 Å². The molecule has 3 heterocycles. The van der Waals surface area contributed by atoms with Gasteiger partial charge in [0.25, 0.3) is 5.95 Å². The van der Waals surface area contributed by atoms with E-state index in [4.69, 9.17) is 0 Å². The Labute approximate surface area is 137 Å². The van der Waals surface area contributed by atoms with Crippen molar-refractivity contribution in [3.05, 3.63) is 54.2 Å². The number of sulfone groups is 1. The van der Waals surface area contributed by atoms with Gasteiger partial charge in [-0.05, 0) is 23.8 Å². The molecule has 8 nitrogen and oxygen atoms in total. The highest BCUT2D eigenvalue weighted by Gasteiger charge is 2.35. The van der Waals surface area contributed by atoms with Gasteiger partial charge >= 0.3 is 6.03 Å². The SMILES string of the molecule is O=C(Nc1nc2ccccn2n1)NC1CS(=O)(=O)c2ccccc21. The van der Waals surface area contributed by atoms with E-state index in [-0.39, 0.29) is 16.6 Å². The van der Waals surface area contributed by atoms with Gasteiger partial charge in [0.1, 0.15) is 0 Å². The molecule has 2 amide bonds. The van der Waals surface area contributed by atoms with Gasteiger partial charge in [0.05, 0.1) is 16.7 Å². The maximum atomic E-state index is 12.2. The maximum Gasteiger partial charge on any atom is 0.322 e. The van der Waals surface area contributed by atoms with Crippen LogP contribution in [0.4, 0.5) is 10.7 Å². The van der Waals surface area contributed by atoms with Crippen LogP contribution in [0.3, 0.4) is 0 Å². The minimum absolute atomic E-state index is 0.146. The number of urea groups is 1. The Hall–Kier alpha value is -2.94. The predicted octanol–water partition coefficient (Wildman–Crippen LogP) is 1.38. The lowest BCUT2D eigenvalue weighted by Crippen LogP contribution is -2.33. The Bertz CT molecular complexity index is 1010. The van der Waals surface area contributed by atoms with Gasteiger partial charge in [-0.3, -0.25) is 5.32 Å². The Kier molecular flexibility index (Phi) is 3.24. The van der Waals surface area contributed by atoms with E-state index in [9.17, 15) is 13.2 Å². The van der Waals surface area contributed by atoms with E-state index in [1.165, 1.54) is 4.52 Å². The number of hydrogen-bond donors (Lipinski definition) is 2. The molecule has 24 heavy (non-hydrogen) atoms. The Morgan fingerprint density at radius 2 is 1.96 bits per heavy atom. The first-order valence-corrected chi connectivity index (χ1v) is 8.89. The molecule has 0 aliphatic carbocycles. The molecule has 1 unspecified atom stereocenters. The fraction of sp³-hybridized carbons (Fsp3) is 0.133. The van der Waals surface area contributed by atoms with Crippen LogP contribution in [-0.4, -0.2) is 34.8 Å². The second kappa shape index (κ2) is 5.31. The quantitative estimate of drug-likeness (QED) is 0.731. The number of aromatic nitrogens is 3. The highest BCUT2D eigenvalue weighted by molar-refractivity contribution is 7.91. The number of anilines is 1. The molecular formula is C15H13N5O3S. The first-order chi connectivity index (χ1) is 11.5. The molecule has 3 aromatic rings. The normalized spacial score (nSPS) is 18.2. The zero-order chi connectivity index (χ0) is 16.7. The number of carbonyl (C=O) groups excluding carboxylic acids is 1. The number of benzene rings is 1. The molecule has 0 radical (unpaired) electrons. The van der Waals surface area contributed by atoms with Crippen LogP contribution in [0.1, 0.15) is 11.6 Å². The molecule has 2 aromatic heterocycles. The van der Waals surface area contributed by atoms with Gasteiger partial charge in [0, 0.05) is 6.20 Å². The average molecular weight is 343 g/mol. The molecule has 0 spiro atoms. The lowest BCUT2D eigenvalue weighted by atomic mass is 10.1. The van der Waals surface area contributed by atoms with Crippen LogP contribution in [0.25, 0.3) is 5.65 Å². The summed E-state index contributed by atoms with van der Waals surface area (Å²) >= 11 is 0. The van der Waals surface area contributed by atoms with Crippen LogP contribution in [0.2, 0.25) is 0 Å². The molecule has 0 saturated heterocycles. The summed E-state index contributed by atoms with van der Waals surface area (Å²) in [5.41, 5.74) is 1.19. The third-order valence-electron chi connectivity index (χ3n) is 3.79. The fourth-order valence-corrected chi connectivity index (χ4v) is 4.49. The smallest absolute Gasteiger partial charge is 0.322 e. The highest BCUT2D eigenvalue weighted by atomic mass is 32.2. The van der Waals surface area contributed by atoms with E-state index in [0.29, 0.717) is 11.2 Å². The Morgan fingerprint density at radius 3 is 2.79 bits per heavy atom. The zero-order valence-electron chi connectivity index (χ0n) is 12.4.